The summed E-state index contributed by atoms with van der Waals surface area (Å²) in [6.07, 6.45) is -0.0145. The van der Waals surface area contributed by atoms with Gasteiger partial charge in [-0.05, 0) is 18.2 Å². The second-order valence-corrected chi connectivity index (χ2v) is 3.38. The first-order valence-electron chi connectivity index (χ1n) is 5.05. The summed E-state index contributed by atoms with van der Waals surface area (Å²) in [6, 6.07) is 4.37. The number of phenolic OH excluding ortho intramolecular Hbond substituents is 1. The Kier molecular flexibility index (Phi) is 4.51. The minimum Gasteiger partial charge on any atom is -0.507 e. The standard InChI is InChI=1S/C12H14O5/c1-16-8-3-4-10(13)9(7-8)11(14)5-6-12(15)17-2/h3-4,7,13H,5-6H2,1-2H3. The second kappa shape index (κ2) is 5.89. The van der Waals surface area contributed by atoms with Crippen molar-refractivity contribution in [2.75, 3.05) is 14.2 Å². The van der Waals surface area contributed by atoms with Crippen molar-refractivity contribution in [3.05, 3.63) is 23.8 Å². The Bertz CT molecular complexity index is 425. The summed E-state index contributed by atoms with van der Waals surface area (Å²) in [6.45, 7) is 0. The number of hydrogen-bond donors (Lipinski definition) is 1. The summed E-state index contributed by atoms with van der Waals surface area (Å²) in [5.41, 5.74) is 0.147. The van der Waals surface area contributed by atoms with E-state index in [9.17, 15) is 14.7 Å². The highest BCUT2D eigenvalue weighted by molar-refractivity contribution is 6.00. The number of ether oxygens (including phenoxy) is 2. The van der Waals surface area contributed by atoms with E-state index in [0.717, 1.165) is 0 Å². The van der Waals surface area contributed by atoms with Crippen molar-refractivity contribution in [1.82, 2.24) is 0 Å². The third kappa shape index (κ3) is 3.48. The highest BCUT2D eigenvalue weighted by Gasteiger charge is 2.14. The monoisotopic (exact) mass is 238 g/mol. The van der Waals surface area contributed by atoms with Crippen molar-refractivity contribution in [1.29, 1.82) is 0 Å². The molecule has 92 valence electrons. The molecule has 0 amide bonds. The fourth-order valence-corrected chi connectivity index (χ4v) is 1.32. The van der Waals surface area contributed by atoms with E-state index in [1.165, 1.54) is 26.4 Å². The molecule has 0 heterocycles. The van der Waals surface area contributed by atoms with Gasteiger partial charge in [-0.1, -0.05) is 0 Å². The lowest BCUT2D eigenvalue weighted by atomic mass is 10.1. The first kappa shape index (κ1) is 13.0. The predicted molar refractivity (Wildman–Crippen MR) is 60.2 cm³/mol. The molecule has 1 aromatic carbocycles. The summed E-state index contributed by atoms with van der Waals surface area (Å²) in [5.74, 6) is -0.433. The second-order valence-electron chi connectivity index (χ2n) is 3.38. The van der Waals surface area contributed by atoms with E-state index in [2.05, 4.69) is 4.74 Å². The van der Waals surface area contributed by atoms with Crippen LogP contribution in [0.4, 0.5) is 0 Å². The van der Waals surface area contributed by atoms with Gasteiger partial charge < -0.3 is 14.6 Å². The molecule has 1 rings (SSSR count). The molecule has 0 fully saturated rings. The molecule has 0 aliphatic carbocycles. The van der Waals surface area contributed by atoms with Gasteiger partial charge in [0.25, 0.3) is 0 Å². The average molecular weight is 238 g/mol. The van der Waals surface area contributed by atoms with E-state index in [1.807, 2.05) is 0 Å². The van der Waals surface area contributed by atoms with Crippen LogP contribution in [-0.2, 0) is 9.53 Å². The largest absolute Gasteiger partial charge is 0.507 e. The molecule has 0 saturated heterocycles. The molecule has 0 aliphatic rings. The first-order valence-corrected chi connectivity index (χ1v) is 5.05. The summed E-state index contributed by atoms with van der Waals surface area (Å²) in [5, 5.41) is 9.53. The minimum atomic E-state index is -0.458. The molecule has 5 heteroatoms. The van der Waals surface area contributed by atoms with Gasteiger partial charge in [0.1, 0.15) is 11.5 Å². The maximum atomic E-state index is 11.7. The van der Waals surface area contributed by atoms with Crippen molar-refractivity contribution >= 4 is 11.8 Å². The molecular formula is C12H14O5. The minimum absolute atomic E-state index is 0.00655. The Morgan fingerprint density at radius 3 is 2.53 bits per heavy atom. The van der Waals surface area contributed by atoms with Crippen LogP contribution in [0, 0.1) is 0 Å². The van der Waals surface area contributed by atoms with Crippen LogP contribution in [0.15, 0.2) is 18.2 Å². The Morgan fingerprint density at radius 2 is 1.94 bits per heavy atom. The molecule has 0 saturated carbocycles. The van der Waals surface area contributed by atoms with E-state index >= 15 is 0 Å². The Morgan fingerprint density at radius 1 is 1.24 bits per heavy atom. The van der Waals surface area contributed by atoms with E-state index < -0.39 is 5.97 Å². The van der Waals surface area contributed by atoms with Crippen molar-refractivity contribution in [3.63, 3.8) is 0 Å². The molecule has 0 bridgehead atoms. The zero-order valence-electron chi connectivity index (χ0n) is 9.73. The molecule has 0 spiro atoms. The molecule has 1 aromatic rings. The molecule has 17 heavy (non-hydrogen) atoms. The van der Waals surface area contributed by atoms with Crippen LogP contribution < -0.4 is 4.74 Å². The predicted octanol–water partition coefficient (Wildman–Crippen LogP) is 1.54. The molecule has 1 N–H and O–H groups in total. The molecule has 5 nitrogen and oxygen atoms in total. The Labute approximate surface area is 99.0 Å². The lowest BCUT2D eigenvalue weighted by molar-refractivity contribution is -0.140. The Balaban J connectivity index is 2.77. The average Bonchev–Trinajstić information content (AvgIpc) is 2.36. The van der Waals surface area contributed by atoms with Gasteiger partial charge in [0, 0.05) is 6.42 Å². The van der Waals surface area contributed by atoms with Crippen molar-refractivity contribution in [3.8, 4) is 11.5 Å². The zero-order valence-corrected chi connectivity index (χ0v) is 9.73. The Hall–Kier alpha value is -2.04. The van der Waals surface area contributed by atoms with E-state index in [-0.39, 0.29) is 29.9 Å². The lowest BCUT2D eigenvalue weighted by Gasteiger charge is -2.06. The highest BCUT2D eigenvalue weighted by Crippen LogP contribution is 2.24. The fraction of sp³-hybridized carbons (Fsp3) is 0.333. The number of aromatic hydroxyl groups is 1. The van der Waals surface area contributed by atoms with Crippen LogP contribution >= 0.6 is 0 Å². The van der Waals surface area contributed by atoms with Gasteiger partial charge in [0.15, 0.2) is 5.78 Å². The van der Waals surface area contributed by atoms with Crippen LogP contribution in [0.1, 0.15) is 23.2 Å². The molecule has 0 aromatic heterocycles. The molecule has 0 unspecified atom stereocenters. The number of esters is 1. The van der Waals surface area contributed by atoms with Crippen LogP contribution in [0.25, 0.3) is 0 Å². The van der Waals surface area contributed by atoms with Crippen molar-refractivity contribution in [2.45, 2.75) is 12.8 Å². The lowest BCUT2D eigenvalue weighted by Crippen LogP contribution is -2.06. The van der Waals surface area contributed by atoms with Crippen molar-refractivity contribution in [2.24, 2.45) is 0 Å². The number of hydrogen-bond acceptors (Lipinski definition) is 5. The topological polar surface area (TPSA) is 72.8 Å². The smallest absolute Gasteiger partial charge is 0.305 e. The third-order valence-corrected chi connectivity index (χ3v) is 2.29. The zero-order chi connectivity index (χ0) is 12.8. The highest BCUT2D eigenvalue weighted by atomic mass is 16.5. The number of rotatable bonds is 5. The number of methoxy groups -OCH3 is 2. The van der Waals surface area contributed by atoms with Crippen LogP contribution in [-0.4, -0.2) is 31.1 Å². The molecule has 0 atom stereocenters. The van der Waals surface area contributed by atoms with Gasteiger partial charge in [-0.2, -0.15) is 0 Å². The number of benzene rings is 1. The number of Topliss-reactive ketones (excluding diaryl/α,β-unsaturated/α-hetero) is 1. The number of ketones is 1. The van der Waals surface area contributed by atoms with Gasteiger partial charge in [-0.3, -0.25) is 9.59 Å². The van der Waals surface area contributed by atoms with E-state index in [4.69, 9.17) is 4.74 Å². The summed E-state index contributed by atoms with van der Waals surface area (Å²) in [7, 11) is 2.73. The molecular weight excluding hydrogens is 224 g/mol. The third-order valence-electron chi connectivity index (χ3n) is 2.29. The fourth-order valence-electron chi connectivity index (χ4n) is 1.32. The van der Waals surface area contributed by atoms with Gasteiger partial charge in [-0.15, -0.1) is 0 Å². The maximum absolute atomic E-state index is 11.7. The number of phenols is 1. The van der Waals surface area contributed by atoms with Crippen molar-refractivity contribution < 1.29 is 24.2 Å². The first-order chi connectivity index (χ1) is 8.08. The van der Waals surface area contributed by atoms with Gasteiger partial charge in [0.05, 0.1) is 26.2 Å². The number of carbonyl (C=O) groups is 2. The van der Waals surface area contributed by atoms with E-state index in [0.29, 0.717) is 5.75 Å². The van der Waals surface area contributed by atoms with Crippen LogP contribution in [0.2, 0.25) is 0 Å². The summed E-state index contributed by atoms with van der Waals surface area (Å²) >= 11 is 0. The summed E-state index contributed by atoms with van der Waals surface area (Å²) in [4.78, 5) is 22.6. The van der Waals surface area contributed by atoms with Gasteiger partial charge in [-0.25, -0.2) is 0 Å². The van der Waals surface area contributed by atoms with Crippen LogP contribution in [0.5, 0.6) is 11.5 Å². The van der Waals surface area contributed by atoms with E-state index in [1.54, 1.807) is 6.07 Å². The molecule has 0 radical (unpaired) electrons. The van der Waals surface area contributed by atoms with Gasteiger partial charge in [0.2, 0.25) is 0 Å². The summed E-state index contributed by atoms with van der Waals surface area (Å²) < 4.78 is 9.39. The SMILES string of the molecule is COC(=O)CCC(=O)c1cc(OC)ccc1O. The number of carbonyl (C=O) groups excluding carboxylic acids is 2. The quantitative estimate of drug-likeness (QED) is 0.622. The maximum Gasteiger partial charge on any atom is 0.305 e. The van der Waals surface area contributed by atoms with Crippen LogP contribution in [0.3, 0.4) is 0 Å². The van der Waals surface area contributed by atoms with Gasteiger partial charge >= 0.3 is 5.97 Å². The normalized spacial score (nSPS) is 9.76. The molecule has 0 aliphatic heterocycles.